The van der Waals surface area contributed by atoms with Crippen LogP contribution in [0.3, 0.4) is 0 Å². The molecule has 0 atom stereocenters. The van der Waals surface area contributed by atoms with Crippen molar-refractivity contribution in [1.82, 2.24) is 5.16 Å². The summed E-state index contributed by atoms with van der Waals surface area (Å²) in [6.45, 7) is 0. The van der Waals surface area contributed by atoms with E-state index in [0.717, 1.165) is 4.47 Å². The van der Waals surface area contributed by atoms with Crippen LogP contribution in [0, 0.1) is 0 Å². The largest absolute Gasteiger partial charge is 0.393 e. The number of carbonyl (C=O) groups excluding carboxylic acids is 2. The quantitative estimate of drug-likeness (QED) is 0.831. The van der Waals surface area contributed by atoms with E-state index in [2.05, 4.69) is 21.1 Å². The molecule has 2 aromatic rings. The van der Waals surface area contributed by atoms with Crippen molar-refractivity contribution in [2.24, 2.45) is 5.73 Å². The van der Waals surface area contributed by atoms with Crippen LogP contribution in [-0.4, -0.2) is 16.8 Å². The Bertz CT molecular complexity index is 619. The molecule has 1 aromatic carbocycles. The van der Waals surface area contributed by atoms with Crippen LogP contribution in [0.5, 0.6) is 0 Å². The van der Waals surface area contributed by atoms with Crippen LogP contribution in [0.4, 0.5) is 5.69 Å². The second kappa shape index (κ2) is 4.61. The number of benzene rings is 1. The van der Waals surface area contributed by atoms with E-state index in [4.69, 9.17) is 16.0 Å². The molecule has 0 aliphatic rings. The fourth-order valence-electron chi connectivity index (χ4n) is 1.37. The van der Waals surface area contributed by atoms with E-state index in [1.54, 1.807) is 24.3 Å². The number of nitrogens with two attached hydrogens (primary N) is 2. The maximum atomic E-state index is 12.0. The lowest BCUT2D eigenvalue weighted by Crippen LogP contribution is -2.14. The van der Waals surface area contributed by atoms with Gasteiger partial charge in [0, 0.05) is 10.0 Å². The first-order chi connectivity index (χ1) is 8.50. The number of nitrogen functional groups attached to an aromatic ring is 1. The van der Waals surface area contributed by atoms with Gasteiger partial charge in [0.25, 0.3) is 5.91 Å². The molecule has 18 heavy (non-hydrogen) atoms. The summed E-state index contributed by atoms with van der Waals surface area (Å²) in [7, 11) is 0. The van der Waals surface area contributed by atoms with Crippen molar-refractivity contribution >= 4 is 33.3 Å². The Morgan fingerprint density at radius 2 is 1.83 bits per heavy atom. The second-order valence-corrected chi connectivity index (χ2v) is 4.39. The van der Waals surface area contributed by atoms with Gasteiger partial charge in [0.15, 0.2) is 5.69 Å². The normalized spacial score (nSPS) is 10.3. The topological polar surface area (TPSA) is 112 Å². The Morgan fingerprint density at radius 3 is 2.33 bits per heavy atom. The van der Waals surface area contributed by atoms with Crippen molar-refractivity contribution in [2.45, 2.75) is 0 Å². The molecule has 4 N–H and O–H groups in total. The molecule has 0 radical (unpaired) electrons. The molecule has 1 aromatic heterocycles. The molecule has 0 spiro atoms. The minimum absolute atomic E-state index is 0.143. The third-order valence-corrected chi connectivity index (χ3v) is 2.80. The van der Waals surface area contributed by atoms with Gasteiger partial charge >= 0.3 is 0 Å². The van der Waals surface area contributed by atoms with Crippen molar-refractivity contribution in [2.75, 3.05) is 5.73 Å². The molecule has 0 bridgehead atoms. The van der Waals surface area contributed by atoms with E-state index in [-0.39, 0.29) is 17.1 Å². The van der Waals surface area contributed by atoms with Crippen molar-refractivity contribution in [3.8, 4) is 0 Å². The van der Waals surface area contributed by atoms with Gasteiger partial charge in [0.05, 0.1) is 0 Å². The Labute approximate surface area is 110 Å². The lowest BCUT2D eigenvalue weighted by molar-refractivity contribution is 0.0979. The molecule has 1 heterocycles. The number of anilines is 1. The summed E-state index contributed by atoms with van der Waals surface area (Å²) in [5.74, 6) is -1.49. The zero-order chi connectivity index (χ0) is 13.3. The number of amides is 1. The van der Waals surface area contributed by atoms with Gasteiger partial charge in [0.1, 0.15) is 5.69 Å². The molecule has 7 heteroatoms. The van der Waals surface area contributed by atoms with Gasteiger partial charge in [-0.15, -0.1) is 0 Å². The van der Waals surface area contributed by atoms with E-state index >= 15 is 0 Å². The smallest absolute Gasteiger partial charge is 0.273 e. The lowest BCUT2D eigenvalue weighted by atomic mass is 10.1. The summed E-state index contributed by atoms with van der Waals surface area (Å²) in [5, 5.41) is 3.37. The van der Waals surface area contributed by atoms with Gasteiger partial charge in [0.2, 0.25) is 11.5 Å². The molecule has 0 aliphatic heterocycles. The predicted octanol–water partition coefficient (Wildman–Crippen LogP) is 1.35. The minimum Gasteiger partial charge on any atom is -0.393 e. The highest BCUT2D eigenvalue weighted by Crippen LogP contribution is 2.21. The minimum atomic E-state index is -0.842. The molecule has 0 unspecified atom stereocenters. The summed E-state index contributed by atoms with van der Waals surface area (Å²) in [4.78, 5) is 23.0. The van der Waals surface area contributed by atoms with E-state index in [0.29, 0.717) is 5.56 Å². The molecule has 0 aliphatic carbocycles. The van der Waals surface area contributed by atoms with Crippen LogP contribution < -0.4 is 11.5 Å². The number of primary amides is 1. The number of halogens is 1. The van der Waals surface area contributed by atoms with Crippen molar-refractivity contribution in [1.29, 1.82) is 0 Å². The molecule has 0 saturated carbocycles. The highest BCUT2D eigenvalue weighted by atomic mass is 79.9. The molecule has 2 rings (SSSR count). The summed E-state index contributed by atoms with van der Waals surface area (Å²) in [6, 6.07) is 6.60. The summed E-state index contributed by atoms with van der Waals surface area (Å²) in [6.07, 6.45) is 0. The Hall–Kier alpha value is -2.15. The van der Waals surface area contributed by atoms with E-state index in [1.807, 2.05) is 0 Å². The first-order valence-corrected chi connectivity index (χ1v) is 5.65. The van der Waals surface area contributed by atoms with Gasteiger partial charge in [-0.05, 0) is 24.3 Å². The SMILES string of the molecule is NC(=O)c1noc(C(=O)c2ccc(Br)cc2)c1N. The monoisotopic (exact) mass is 309 g/mol. The second-order valence-electron chi connectivity index (χ2n) is 3.47. The first-order valence-electron chi connectivity index (χ1n) is 4.86. The number of aromatic nitrogens is 1. The third kappa shape index (κ3) is 2.12. The molecular formula is C11H8BrN3O3. The number of carbonyl (C=O) groups is 2. The van der Waals surface area contributed by atoms with Crippen LogP contribution in [0.1, 0.15) is 26.6 Å². The van der Waals surface area contributed by atoms with Crippen LogP contribution in [0.15, 0.2) is 33.3 Å². The van der Waals surface area contributed by atoms with Crippen LogP contribution in [-0.2, 0) is 0 Å². The van der Waals surface area contributed by atoms with E-state index in [1.165, 1.54) is 0 Å². The molecule has 6 nitrogen and oxygen atoms in total. The Morgan fingerprint density at radius 1 is 1.22 bits per heavy atom. The molecule has 0 fully saturated rings. The maximum absolute atomic E-state index is 12.0. The fourth-order valence-corrected chi connectivity index (χ4v) is 1.64. The lowest BCUT2D eigenvalue weighted by Gasteiger charge is -1.98. The number of ketones is 1. The number of hydrogen-bond acceptors (Lipinski definition) is 5. The van der Waals surface area contributed by atoms with Crippen LogP contribution in [0.25, 0.3) is 0 Å². The number of hydrogen-bond donors (Lipinski definition) is 2. The van der Waals surface area contributed by atoms with Crippen LogP contribution >= 0.6 is 15.9 Å². The van der Waals surface area contributed by atoms with Crippen molar-refractivity contribution in [3.05, 3.63) is 45.8 Å². The van der Waals surface area contributed by atoms with Gasteiger partial charge in [-0.25, -0.2) is 0 Å². The van der Waals surface area contributed by atoms with Gasteiger partial charge < -0.3 is 16.0 Å². The summed E-state index contributed by atoms with van der Waals surface area (Å²) < 4.78 is 5.60. The van der Waals surface area contributed by atoms with Gasteiger partial charge in [-0.1, -0.05) is 21.1 Å². The molecule has 0 saturated heterocycles. The third-order valence-electron chi connectivity index (χ3n) is 2.27. The average Bonchev–Trinajstić information content (AvgIpc) is 2.71. The first kappa shape index (κ1) is 12.3. The number of nitrogens with zero attached hydrogens (tertiary/aromatic N) is 1. The molecule has 92 valence electrons. The molecular weight excluding hydrogens is 302 g/mol. The van der Waals surface area contributed by atoms with Gasteiger partial charge in [-0.3, -0.25) is 9.59 Å². The Balaban J connectivity index is 2.40. The molecule has 1 amide bonds. The summed E-state index contributed by atoms with van der Waals surface area (Å²) in [5.41, 5.74) is 10.6. The average molecular weight is 310 g/mol. The van der Waals surface area contributed by atoms with E-state index in [9.17, 15) is 9.59 Å². The van der Waals surface area contributed by atoms with Crippen molar-refractivity contribution < 1.29 is 14.1 Å². The van der Waals surface area contributed by atoms with Crippen LogP contribution in [0.2, 0.25) is 0 Å². The standard InChI is InChI=1S/C11H8BrN3O3/c12-6-3-1-5(2-4-6)9(16)10-7(13)8(11(14)17)15-18-10/h1-4H,13H2,(H2,14,17). The van der Waals surface area contributed by atoms with E-state index < -0.39 is 11.7 Å². The fraction of sp³-hybridized carbons (Fsp3) is 0. The Kier molecular flexibility index (Phi) is 3.15. The number of rotatable bonds is 3. The highest BCUT2D eigenvalue weighted by Gasteiger charge is 2.23. The zero-order valence-corrected chi connectivity index (χ0v) is 10.6. The zero-order valence-electron chi connectivity index (χ0n) is 9.01. The summed E-state index contributed by atoms with van der Waals surface area (Å²) >= 11 is 3.26. The predicted molar refractivity (Wildman–Crippen MR) is 67.0 cm³/mol. The maximum Gasteiger partial charge on any atom is 0.273 e. The highest BCUT2D eigenvalue weighted by molar-refractivity contribution is 9.10. The van der Waals surface area contributed by atoms with Crippen molar-refractivity contribution in [3.63, 3.8) is 0 Å². The van der Waals surface area contributed by atoms with Gasteiger partial charge in [-0.2, -0.15) is 0 Å².